The van der Waals surface area contributed by atoms with E-state index in [-0.39, 0.29) is 0 Å². The average Bonchev–Trinajstić information content (AvgIpc) is 3.16. The van der Waals surface area contributed by atoms with E-state index in [0.717, 1.165) is 4.80 Å². The highest BCUT2D eigenvalue weighted by atomic mass is 32.1. The lowest BCUT2D eigenvalue weighted by atomic mass is 9.96. The third-order valence-electron chi connectivity index (χ3n) is 3.99. The third kappa shape index (κ3) is 2.30. The zero-order valence-corrected chi connectivity index (χ0v) is 11.9. The first kappa shape index (κ1) is 12.2. The normalized spacial score (nSPS) is 22.4. The minimum atomic E-state index is 0.511. The lowest BCUT2D eigenvalue weighted by Crippen LogP contribution is -2.19. The first-order valence-electron chi connectivity index (χ1n) is 7.03. The molecule has 0 saturated heterocycles. The molecule has 3 nitrogen and oxygen atoms in total. The van der Waals surface area contributed by atoms with Crippen LogP contribution in [-0.2, 0) is 0 Å². The monoisotopic (exact) mass is 263 g/mol. The first-order valence-corrected chi connectivity index (χ1v) is 7.84. The van der Waals surface area contributed by atoms with Crippen molar-refractivity contribution >= 4 is 18.1 Å². The highest BCUT2D eigenvalue weighted by molar-refractivity contribution is 7.09. The van der Waals surface area contributed by atoms with Gasteiger partial charge < -0.3 is 0 Å². The Bertz CT molecular complexity index is 502. The Balaban J connectivity index is 1.97. The van der Waals surface area contributed by atoms with Gasteiger partial charge in [0.25, 0.3) is 0 Å². The number of aromatic nitrogens is 1. The van der Waals surface area contributed by atoms with E-state index in [1.54, 1.807) is 11.3 Å². The van der Waals surface area contributed by atoms with Crippen LogP contribution in [0.1, 0.15) is 61.4 Å². The van der Waals surface area contributed by atoms with Crippen molar-refractivity contribution in [3.63, 3.8) is 0 Å². The summed E-state index contributed by atoms with van der Waals surface area (Å²) >= 11 is 1.79. The van der Waals surface area contributed by atoms with E-state index in [1.165, 1.54) is 55.5 Å². The molecule has 1 aromatic heterocycles. The smallest absolute Gasteiger partial charge is 0.206 e. The van der Waals surface area contributed by atoms with Crippen LogP contribution >= 0.6 is 11.3 Å². The SMILES string of the molecule is C=Nn1c(C2CC2)c(C)sc1=NC1CCCCC1. The van der Waals surface area contributed by atoms with Gasteiger partial charge in [0.05, 0.1) is 11.7 Å². The second kappa shape index (κ2) is 5.00. The van der Waals surface area contributed by atoms with Gasteiger partial charge in [0.2, 0.25) is 4.80 Å². The molecule has 2 saturated carbocycles. The molecule has 2 fully saturated rings. The maximum absolute atomic E-state index is 4.93. The lowest BCUT2D eigenvalue weighted by Gasteiger charge is -2.16. The van der Waals surface area contributed by atoms with Gasteiger partial charge in [-0.05, 0) is 32.6 Å². The minimum absolute atomic E-state index is 0.511. The number of thiazole rings is 1. The molecular formula is C14H21N3S. The summed E-state index contributed by atoms with van der Waals surface area (Å²) in [6.45, 7) is 5.92. The van der Waals surface area contributed by atoms with Crippen LogP contribution in [0, 0.1) is 6.92 Å². The molecule has 4 heteroatoms. The van der Waals surface area contributed by atoms with Crippen LogP contribution < -0.4 is 4.80 Å². The van der Waals surface area contributed by atoms with Crippen LogP contribution in [-0.4, -0.2) is 17.4 Å². The molecule has 0 aromatic carbocycles. The second-order valence-electron chi connectivity index (χ2n) is 5.47. The van der Waals surface area contributed by atoms with E-state index in [9.17, 15) is 0 Å². The molecule has 2 aliphatic carbocycles. The van der Waals surface area contributed by atoms with Crippen molar-refractivity contribution in [1.29, 1.82) is 0 Å². The maximum Gasteiger partial charge on any atom is 0.206 e. The fourth-order valence-electron chi connectivity index (χ4n) is 2.89. The molecule has 0 atom stereocenters. The van der Waals surface area contributed by atoms with E-state index in [1.807, 2.05) is 4.68 Å². The summed E-state index contributed by atoms with van der Waals surface area (Å²) in [5, 5.41) is 4.20. The van der Waals surface area contributed by atoms with Gasteiger partial charge in [-0.2, -0.15) is 5.10 Å². The van der Waals surface area contributed by atoms with Gasteiger partial charge >= 0.3 is 0 Å². The molecule has 3 rings (SSSR count). The quantitative estimate of drug-likeness (QED) is 0.748. The molecule has 0 spiro atoms. The summed E-state index contributed by atoms with van der Waals surface area (Å²) in [5.41, 5.74) is 1.37. The van der Waals surface area contributed by atoms with E-state index >= 15 is 0 Å². The molecule has 0 amide bonds. The molecule has 0 bridgehead atoms. The Morgan fingerprint density at radius 1 is 1.17 bits per heavy atom. The Morgan fingerprint density at radius 2 is 1.89 bits per heavy atom. The molecule has 1 aromatic rings. The topological polar surface area (TPSA) is 29.6 Å². The van der Waals surface area contributed by atoms with Crippen molar-refractivity contribution in [2.75, 3.05) is 0 Å². The zero-order valence-electron chi connectivity index (χ0n) is 11.1. The van der Waals surface area contributed by atoms with Crippen molar-refractivity contribution in [3.8, 4) is 0 Å². The number of hydrogen-bond acceptors (Lipinski definition) is 3. The number of nitrogens with zero attached hydrogens (tertiary/aromatic N) is 3. The molecule has 0 radical (unpaired) electrons. The van der Waals surface area contributed by atoms with Crippen molar-refractivity contribution in [2.45, 2.75) is 63.8 Å². The van der Waals surface area contributed by atoms with Crippen LogP contribution in [0.15, 0.2) is 10.1 Å². The minimum Gasteiger partial charge on any atom is -0.254 e. The molecule has 0 N–H and O–H groups in total. The van der Waals surface area contributed by atoms with Gasteiger partial charge in [0, 0.05) is 17.5 Å². The first-order chi connectivity index (χ1) is 8.79. The predicted molar refractivity (Wildman–Crippen MR) is 76.4 cm³/mol. The fourth-order valence-corrected chi connectivity index (χ4v) is 3.96. The Labute approximate surface area is 112 Å². The van der Waals surface area contributed by atoms with Crippen molar-refractivity contribution in [2.24, 2.45) is 10.1 Å². The van der Waals surface area contributed by atoms with Crippen molar-refractivity contribution in [3.05, 3.63) is 15.4 Å². The Morgan fingerprint density at radius 3 is 2.50 bits per heavy atom. The fraction of sp³-hybridized carbons (Fsp3) is 0.714. The predicted octanol–water partition coefficient (Wildman–Crippen LogP) is 3.43. The van der Waals surface area contributed by atoms with Crippen LogP contribution in [0.2, 0.25) is 0 Å². The Kier molecular flexibility index (Phi) is 3.37. The van der Waals surface area contributed by atoms with E-state index in [0.29, 0.717) is 12.0 Å². The average molecular weight is 263 g/mol. The molecular weight excluding hydrogens is 242 g/mol. The molecule has 18 heavy (non-hydrogen) atoms. The number of aryl methyl sites for hydroxylation is 1. The van der Waals surface area contributed by atoms with Gasteiger partial charge in [0.1, 0.15) is 0 Å². The van der Waals surface area contributed by atoms with Gasteiger partial charge in [-0.15, -0.1) is 11.3 Å². The maximum atomic E-state index is 4.93. The molecule has 0 unspecified atom stereocenters. The lowest BCUT2D eigenvalue weighted by molar-refractivity contribution is 0.435. The summed E-state index contributed by atoms with van der Waals surface area (Å²) in [5.74, 6) is 0.710. The highest BCUT2D eigenvalue weighted by Gasteiger charge is 2.30. The van der Waals surface area contributed by atoms with E-state index in [4.69, 9.17) is 4.99 Å². The van der Waals surface area contributed by atoms with Gasteiger partial charge in [-0.3, -0.25) is 4.99 Å². The summed E-state index contributed by atoms with van der Waals surface area (Å²) < 4.78 is 2.01. The summed E-state index contributed by atoms with van der Waals surface area (Å²) in [6, 6.07) is 0.511. The molecule has 1 heterocycles. The van der Waals surface area contributed by atoms with Gasteiger partial charge in [-0.1, -0.05) is 19.3 Å². The van der Waals surface area contributed by atoms with Gasteiger partial charge in [0.15, 0.2) is 0 Å². The Hall–Kier alpha value is -0.900. The van der Waals surface area contributed by atoms with Crippen LogP contribution in [0.3, 0.4) is 0 Å². The van der Waals surface area contributed by atoms with Gasteiger partial charge in [-0.25, -0.2) is 4.68 Å². The number of rotatable bonds is 3. The van der Waals surface area contributed by atoms with Crippen molar-refractivity contribution in [1.82, 2.24) is 4.68 Å². The largest absolute Gasteiger partial charge is 0.254 e. The number of hydrogen-bond donors (Lipinski definition) is 0. The van der Waals surface area contributed by atoms with Crippen LogP contribution in [0.5, 0.6) is 0 Å². The van der Waals surface area contributed by atoms with E-state index < -0.39 is 0 Å². The molecule has 98 valence electrons. The van der Waals surface area contributed by atoms with E-state index in [2.05, 4.69) is 18.7 Å². The molecule has 2 aliphatic rings. The molecule has 0 aliphatic heterocycles. The zero-order chi connectivity index (χ0) is 12.5. The summed E-state index contributed by atoms with van der Waals surface area (Å²) in [4.78, 5) is 7.37. The second-order valence-corrected chi connectivity index (χ2v) is 6.66. The van der Waals surface area contributed by atoms with Crippen molar-refractivity contribution < 1.29 is 0 Å². The standard InChI is InChI=1S/C14H21N3S/c1-10-13(11-8-9-11)17(15-2)14(18-10)16-12-6-4-3-5-7-12/h11-12H,2-9H2,1H3. The summed E-state index contributed by atoms with van der Waals surface area (Å²) in [6.07, 6.45) is 9.12. The highest BCUT2D eigenvalue weighted by Crippen LogP contribution is 2.42. The van der Waals surface area contributed by atoms with Crippen LogP contribution in [0.4, 0.5) is 0 Å². The summed E-state index contributed by atoms with van der Waals surface area (Å²) in [7, 11) is 0. The third-order valence-corrected chi connectivity index (χ3v) is 4.96. The van der Waals surface area contributed by atoms with Crippen LogP contribution in [0.25, 0.3) is 0 Å².